The molecule has 0 aromatic heterocycles. The first-order chi connectivity index (χ1) is 14.3. The summed E-state index contributed by atoms with van der Waals surface area (Å²) in [4.78, 5) is 0. The number of rotatable bonds is 7. The third kappa shape index (κ3) is 5.63. The minimum Gasteiger partial charge on any atom is -0.388 e. The quantitative estimate of drug-likeness (QED) is 0.547. The Balaban J connectivity index is 1.72. The predicted molar refractivity (Wildman–Crippen MR) is 118 cm³/mol. The van der Waals surface area contributed by atoms with Crippen LogP contribution in [0.25, 0.3) is 0 Å². The van der Waals surface area contributed by atoms with Gasteiger partial charge in [-0.15, -0.1) is 0 Å². The zero-order valence-electron chi connectivity index (χ0n) is 18.8. The van der Waals surface area contributed by atoms with Crippen LogP contribution in [0.15, 0.2) is 35.5 Å². The highest BCUT2D eigenvalue weighted by molar-refractivity contribution is 5.19. The zero-order chi connectivity index (χ0) is 21.8. The van der Waals surface area contributed by atoms with Gasteiger partial charge < -0.3 is 24.8 Å². The van der Waals surface area contributed by atoms with Gasteiger partial charge in [0.15, 0.2) is 6.29 Å². The van der Waals surface area contributed by atoms with Crippen LogP contribution < -0.4 is 0 Å². The molecule has 8 atom stereocenters. The second-order valence-electron chi connectivity index (χ2n) is 9.80. The molecule has 2 fully saturated rings. The molecule has 0 aromatic rings. The number of fused-ring (bicyclic) bond motifs is 1. The second-order valence-corrected chi connectivity index (χ2v) is 9.80. The van der Waals surface area contributed by atoms with Crippen molar-refractivity contribution in [3.63, 3.8) is 0 Å². The van der Waals surface area contributed by atoms with E-state index >= 15 is 0 Å². The van der Waals surface area contributed by atoms with E-state index in [-0.39, 0.29) is 6.61 Å². The van der Waals surface area contributed by atoms with Crippen molar-refractivity contribution in [2.45, 2.75) is 83.9 Å². The Morgan fingerprint density at radius 2 is 2.00 bits per heavy atom. The Morgan fingerprint density at radius 1 is 1.23 bits per heavy atom. The van der Waals surface area contributed by atoms with Gasteiger partial charge in [-0.05, 0) is 83.0 Å². The van der Waals surface area contributed by atoms with Gasteiger partial charge in [0.05, 0.1) is 13.2 Å². The Hall–Kier alpha value is -0.980. The highest BCUT2D eigenvalue weighted by atomic mass is 16.7. The van der Waals surface area contributed by atoms with E-state index in [1.807, 2.05) is 0 Å². The normalized spacial score (nSPS) is 37.9. The fourth-order valence-electron chi connectivity index (χ4n) is 5.43. The maximum absolute atomic E-state index is 10.2. The van der Waals surface area contributed by atoms with Gasteiger partial charge in [-0.3, -0.25) is 0 Å². The maximum atomic E-state index is 10.2. The number of hydrogen-bond donors (Lipinski definition) is 3. The molecule has 3 rings (SSSR count). The van der Waals surface area contributed by atoms with E-state index in [9.17, 15) is 15.3 Å². The number of hydrogen-bond acceptors (Lipinski definition) is 5. The van der Waals surface area contributed by atoms with E-state index in [1.165, 1.54) is 23.1 Å². The molecular weight excluding hydrogens is 380 g/mol. The van der Waals surface area contributed by atoms with Crippen LogP contribution in [0, 0.1) is 23.7 Å². The summed E-state index contributed by atoms with van der Waals surface area (Å²) in [5.74, 6) is 1.91. The van der Waals surface area contributed by atoms with Crippen molar-refractivity contribution in [1.29, 1.82) is 0 Å². The lowest BCUT2D eigenvalue weighted by Gasteiger charge is -2.45. The SMILES string of the molecule is C=C1CC[C@@H](C(CCC=C(C)C)CO[C@@H]2OC[C@@H](O)[C@H](O)[C@H]2O)[C@@H]2C=C(C)CC[C@H]12. The number of allylic oxidation sites excluding steroid dienone is 5. The lowest BCUT2D eigenvalue weighted by Crippen LogP contribution is -2.54. The van der Waals surface area contributed by atoms with Crippen LogP contribution >= 0.6 is 0 Å². The van der Waals surface area contributed by atoms with Crippen molar-refractivity contribution in [3.8, 4) is 0 Å². The van der Waals surface area contributed by atoms with Crippen molar-refractivity contribution in [2.75, 3.05) is 13.2 Å². The lowest BCUT2D eigenvalue weighted by molar-refractivity contribution is -0.274. The molecular formula is C25H40O5. The standard InChI is InChI=1S/C25H40O5/c1-15(2)6-5-7-18(13-29-25-24(28)23(27)22(26)14-30-25)20-11-9-17(4)19-10-8-16(3)12-21(19)20/h6,12,18-28H,4-5,7-11,13-14H2,1-3H3/t18?,19-,20+,21-,22-,23+,24-,25-/m1/s1. The van der Waals surface area contributed by atoms with Crippen molar-refractivity contribution in [2.24, 2.45) is 23.7 Å². The fourth-order valence-corrected chi connectivity index (χ4v) is 5.43. The van der Waals surface area contributed by atoms with Crippen LogP contribution in [-0.2, 0) is 9.47 Å². The lowest BCUT2D eigenvalue weighted by atomic mass is 9.61. The largest absolute Gasteiger partial charge is 0.388 e. The summed E-state index contributed by atoms with van der Waals surface area (Å²) in [6.07, 6.45) is 6.88. The molecule has 0 aromatic carbocycles. The van der Waals surface area contributed by atoms with E-state index in [4.69, 9.17) is 9.47 Å². The van der Waals surface area contributed by atoms with Crippen molar-refractivity contribution < 1.29 is 24.8 Å². The van der Waals surface area contributed by atoms with Crippen LogP contribution in [0.3, 0.4) is 0 Å². The molecule has 0 spiro atoms. The fraction of sp³-hybridized carbons (Fsp3) is 0.760. The molecule has 2 aliphatic carbocycles. The monoisotopic (exact) mass is 420 g/mol. The first kappa shape index (κ1) is 23.7. The summed E-state index contributed by atoms with van der Waals surface area (Å²) >= 11 is 0. The number of ether oxygens (including phenoxy) is 2. The molecule has 170 valence electrons. The Morgan fingerprint density at radius 3 is 2.73 bits per heavy atom. The van der Waals surface area contributed by atoms with Crippen molar-refractivity contribution in [3.05, 3.63) is 35.5 Å². The van der Waals surface area contributed by atoms with Crippen LogP contribution in [0.2, 0.25) is 0 Å². The summed E-state index contributed by atoms with van der Waals surface area (Å²) in [5, 5.41) is 29.9. The maximum Gasteiger partial charge on any atom is 0.186 e. The summed E-state index contributed by atoms with van der Waals surface area (Å²) in [7, 11) is 0. The minimum atomic E-state index is -1.24. The average Bonchev–Trinajstić information content (AvgIpc) is 2.70. The number of aliphatic hydroxyl groups excluding tert-OH is 3. The first-order valence-corrected chi connectivity index (χ1v) is 11.5. The molecule has 1 saturated heterocycles. The molecule has 1 saturated carbocycles. The molecule has 0 bridgehead atoms. The second kappa shape index (κ2) is 10.6. The van der Waals surface area contributed by atoms with Crippen molar-refractivity contribution in [1.82, 2.24) is 0 Å². The molecule has 5 heteroatoms. The first-order valence-electron chi connectivity index (χ1n) is 11.5. The predicted octanol–water partition coefficient (Wildman–Crippen LogP) is 3.74. The highest BCUT2D eigenvalue weighted by Gasteiger charge is 2.41. The van der Waals surface area contributed by atoms with Gasteiger partial charge in [0.25, 0.3) is 0 Å². The molecule has 3 aliphatic rings. The van der Waals surface area contributed by atoms with Gasteiger partial charge >= 0.3 is 0 Å². The van der Waals surface area contributed by atoms with E-state index in [0.29, 0.717) is 30.3 Å². The molecule has 1 heterocycles. The Labute approximate surface area is 181 Å². The summed E-state index contributed by atoms with van der Waals surface area (Å²) in [6, 6.07) is 0. The summed E-state index contributed by atoms with van der Waals surface area (Å²) in [5.41, 5.74) is 4.19. The van der Waals surface area contributed by atoms with Crippen LogP contribution in [0.4, 0.5) is 0 Å². The van der Waals surface area contributed by atoms with E-state index in [0.717, 1.165) is 32.1 Å². The molecule has 0 radical (unpaired) electrons. The van der Waals surface area contributed by atoms with Gasteiger partial charge in [-0.1, -0.05) is 35.5 Å². The molecule has 30 heavy (non-hydrogen) atoms. The minimum absolute atomic E-state index is 0.0266. The smallest absolute Gasteiger partial charge is 0.186 e. The molecule has 0 amide bonds. The Bertz CT molecular complexity index is 650. The summed E-state index contributed by atoms with van der Waals surface area (Å²) < 4.78 is 11.5. The average molecular weight is 421 g/mol. The zero-order valence-corrected chi connectivity index (χ0v) is 18.8. The van der Waals surface area contributed by atoms with Gasteiger partial charge in [0, 0.05) is 0 Å². The molecule has 1 aliphatic heterocycles. The topological polar surface area (TPSA) is 79.2 Å². The molecule has 3 N–H and O–H groups in total. The van der Waals surface area contributed by atoms with E-state index in [2.05, 4.69) is 39.5 Å². The molecule has 1 unspecified atom stereocenters. The van der Waals surface area contributed by atoms with E-state index < -0.39 is 24.6 Å². The van der Waals surface area contributed by atoms with Crippen LogP contribution in [0.5, 0.6) is 0 Å². The summed E-state index contributed by atoms with van der Waals surface area (Å²) in [6.45, 7) is 11.3. The highest BCUT2D eigenvalue weighted by Crippen LogP contribution is 2.48. The van der Waals surface area contributed by atoms with Crippen LogP contribution in [0.1, 0.15) is 59.3 Å². The third-order valence-corrected chi connectivity index (χ3v) is 7.23. The van der Waals surface area contributed by atoms with Crippen molar-refractivity contribution >= 4 is 0 Å². The van der Waals surface area contributed by atoms with E-state index in [1.54, 1.807) is 0 Å². The van der Waals surface area contributed by atoms with Gasteiger partial charge in [0.2, 0.25) is 0 Å². The Kier molecular flexibility index (Phi) is 8.33. The van der Waals surface area contributed by atoms with Crippen LogP contribution in [-0.4, -0.2) is 53.1 Å². The van der Waals surface area contributed by atoms with Gasteiger partial charge in [-0.25, -0.2) is 0 Å². The number of aliphatic hydroxyl groups is 3. The van der Waals surface area contributed by atoms with Gasteiger partial charge in [0.1, 0.15) is 18.3 Å². The third-order valence-electron chi connectivity index (χ3n) is 7.23. The molecule has 5 nitrogen and oxygen atoms in total. The van der Waals surface area contributed by atoms with Gasteiger partial charge in [-0.2, -0.15) is 0 Å².